The van der Waals surface area contributed by atoms with Gasteiger partial charge in [-0.05, 0) is 49.9 Å². The van der Waals surface area contributed by atoms with Crippen molar-refractivity contribution in [1.29, 1.82) is 0 Å². The van der Waals surface area contributed by atoms with Gasteiger partial charge in [0.05, 0.1) is 11.6 Å². The first-order valence-corrected chi connectivity index (χ1v) is 7.94. The van der Waals surface area contributed by atoms with Gasteiger partial charge in [0, 0.05) is 11.1 Å². The molecule has 0 aliphatic heterocycles. The summed E-state index contributed by atoms with van der Waals surface area (Å²) in [5.74, 6) is 5.52. The Hall–Kier alpha value is -0.490. The molecule has 0 spiro atoms. The van der Waals surface area contributed by atoms with E-state index >= 15 is 0 Å². The fourth-order valence-electron chi connectivity index (χ4n) is 3.22. The molecule has 1 unspecified atom stereocenters. The lowest BCUT2D eigenvalue weighted by Crippen LogP contribution is -2.54. The maximum Gasteiger partial charge on any atom is 0.124 e. The van der Waals surface area contributed by atoms with Crippen LogP contribution in [0.1, 0.15) is 38.2 Å². The summed E-state index contributed by atoms with van der Waals surface area (Å²) in [6.45, 7) is 2.68. The quantitative estimate of drug-likeness (QED) is 0.614. The maximum atomic E-state index is 13.5. The molecule has 1 aromatic rings. The summed E-state index contributed by atoms with van der Waals surface area (Å²) < 4.78 is 20.3. The van der Waals surface area contributed by atoms with Crippen LogP contribution in [0.15, 0.2) is 22.7 Å². The molecule has 0 aromatic heterocycles. The molecule has 0 bridgehead atoms. The Kier molecular flexibility index (Phi) is 5.55. The number of hydrazine groups is 1. The van der Waals surface area contributed by atoms with Gasteiger partial charge in [-0.15, -0.1) is 0 Å². The predicted octanol–water partition coefficient (Wildman–Crippen LogP) is 3.31. The number of nitrogens with two attached hydrogens (primary N) is 1. The lowest BCUT2D eigenvalue weighted by Gasteiger charge is -2.37. The van der Waals surface area contributed by atoms with Crippen LogP contribution in [0.2, 0.25) is 0 Å². The van der Waals surface area contributed by atoms with Crippen LogP contribution in [0.25, 0.3) is 0 Å². The molecule has 20 heavy (non-hydrogen) atoms. The zero-order valence-electron chi connectivity index (χ0n) is 11.8. The molecule has 3 nitrogen and oxygen atoms in total. The zero-order valence-corrected chi connectivity index (χ0v) is 13.4. The molecule has 5 heteroatoms. The summed E-state index contributed by atoms with van der Waals surface area (Å²) in [5, 5.41) is 0. The van der Waals surface area contributed by atoms with Gasteiger partial charge in [0.2, 0.25) is 0 Å². The molecule has 1 aromatic carbocycles. The van der Waals surface area contributed by atoms with Gasteiger partial charge in [0.15, 0.2) is 0 Å². The van der Waals surface area contributed by atoms with Crippen LogP contribution in [-0.2, 0) is 11.2 Å². The molecule has 1 aliphatic rings. The van der Waals surface area contributed by atoms with Gasteiger partial charge in [-0.3, -0.25) is 11.3 Å². The predicted molar refractivity (Wildman–Crippen MR) is 81.7 cm³/mol. The van der Waals surface area contributed by atoms with Crippen LogP contribution in [0.5, 0.6) is 0 Å². The molecule has 1 saturated carbocycles. The summed E-state index contributed by atoms with van der Waals surface area (Å²) in [6, 6.07) is 4.95. The Morgan fingerprint density at radius 2 is 2.10 bits per heavy atom. The van der Waals surface area contributed by atoms with Crippen LogP contribution in [-0.4, -0.2) is 18.2 Å². The summed E-state index contributed by atoms with van der Waals surface area (Å²) in [6.07, 6.45) is 4.99. The van der Waals surface area contributed by atoms with Crippen molar-refractivity contribution in [2.24, 2.45) is 5.84 Å². The van der Waals surface area contributed by atoms with Crippen LogP contribution in [0.3, 0.4) is 0 Å². The normalized spacial score (nSPS) is 19.2. The van der Waals surface area contributed by atoms with E-state index in [1.54, 1.807) is 6.07 Å². The number of nitrogens with one attached hydrogen (secondary N) is 1. The Morgan fingerprint density at radius 1 is 1.40 bits per heavy atom. The lowest BCUT2D eigenvalue weighted by atomic mass is 9.87. The lowest BCUT2D eigenvalue weighted by molar-refractivity contribution is -0.0613. The first-order chi connectivity index (χ1) is 9.59. The van der Waals surface area contributed by atoms with Crippen molar-refractivity contribution in [3.05, 3.63) is 34.1 Å². The van der Waals surface area contributed by atoms with E-state index in [9.17, 15) is 4.39 Å². The third-order valence-corrected chi connectivity index (χ3v) is 4.54. The highest BCUT2D eigenvalue weighted by Gasteiger charge is 2.41. The molecule has 0 heterocycles. The minimum absolute atomic E-state index is 0.00125. The molecular formula is C15H22BrFN2O. The number of ether oxygens (including phenoxy) is 1. The second-order valence-corrected chi connectivity index (χ2v) is 6.32. The van der Waals surface area contributed by atoms with Gasteiger partial charge in [-0.25, -0.2) is 4.39 Å². The topological polar surface area (TPSA) is 47.3 Å². The SMILES string of the molecule is CCOC1(C(Cc2cc(F)cc(Br)c2)NN)CCCC1. The third kappa shape index (κ3) is 3.58. The van der Waals surface area contributed by atoms with Crippen molar-refractivity contribution in [2.75, 3.05) is 6.61 Å². The highest BCUT2D eigenvalue weighted by atomic mass is 79.9. The maximum absolute atomic E-state index is 13.5. The fourth-order valence-corrected chi connectivity index (χ4v) is 3.73. The minimum Gasteiger partial charge on any atom is -0.374 e. The van der Waals surface area contributed by atoms with Gasteiger partial charge in [0.1, 0.15) is 5.82 Å². The number of hydrogen-bond donors (Lipinski definition) is 2. The molecule has 0 radical (unpaired) electrons. The van der Waals surface area contributed by atoms with Crippen molar-refractivity contribution in [2.45, 2.75) is 50.7 Å². The number of benzene rings is 1. The Labute approximate surface area is 128 Å². The summed E-state index contributed by atoms with van der Waals surface area (Å²) in [4.78, 5) is 0. The number of rotatable bonds is 6. The van der Waals surface area contributed by atoms with Gasteiger partial charge in [0.25, 0.3) is 0 Å². The van der Waals surface area contributed by atoms with Crippen LogP contribution in [0, 0.1) is 5.82 Å². The van der Waals surface area contributed by atoms with E-state index < -0.39 is 0 Å². The molecule has 3 N–H and O–H groups in total. The van der Waals surface area contributed by atoms with Gasteiger partial charge < -0.3 is 4.74 Å². The van der Waals surface area contributed by atoms with E-state index in [1.165, 1.54) is 6.07 Å². The minimum atomic E-state index is -0.234. The molecule has 1 fully saturated rings. The second-order valence-electron chi connectivity index (χ2n) is 5.41. The zero-order chi connectivity index (χ0) is 14.6. The number of hydrogen-bond acceptors (Lipinski definition) is 3. The molecule has 1 aliphatic carbocycles. The molecule has 0 amide bonds. The second kappa shape index (κ2) is 6.98. The molecule has 2 rings (SSSR count). The Morgan fingerprint density at radius 3 is 2.65 bits per heavy atom. The van der Waals surface area contributed by atoms with E-state index in [0.29, 0.717) is 13.0 Å². The first-order valence-electron chi connectivity index (χ1n) is 7.14. The standard InChI is InChI=1S/C15H22BrFN2O/c1-2-20-15(5-3-4-6-15)14(19-18)9-11-7-12(16)10-13(17)8-11/h7-8,10,14,19H,2-6,9,18H2,1H3. The average molecular weight is 345 g/mol. The monoisotopic (exact) mass is 344 g/mol. The molecule has 1 atom stereocenters. The van der Waals surface area contributed by atoms with Crippen molar-refractivity contribution >= 4 is 15.9 Å². The fraction of sp³-hybridized carbons (Fsp3) is 0.600. The van der Waals surface area contributed by atoms with E-state index in [1.807, 2.05) is 13.0 Å². The highest BCUT2D eigenvalue weighted by molar-refractivity contribution is 9.10. The summed E-state index contributed by atoms with van der Waals surface area (Å²) >= 11 is 3.33. The molecular weight excluding hydrogens is 323 g/mol. The van der Waals surface area contributed by atoms with Crippen molar-refractivity contribution in [3.63, 3.8) is 0 Å². The highest BCUT2D eigenvalue weighted by Crippen LogP contribution is 2.37. The van der Waals surface area contributed by atoms with E-state index in [4.69, 9.17) is 10.6 Å². The summed E-state index contributed by atoms with van der Waals surface area (Å²) in [5.41, 5.74) is 3.60. The Balaban J connectivity index is 2.18. The Bertz CT molecular complexity index is 429. The van der Waals surface area contributed by atoms with Crippen molar-refractivity contribution in [3.8, 4) is 0 Å². The van der Waals surface area contributed by atoms with Crippen LogP contribution >= 0.6 is 15.9 Å². The van der Waals surface area contributed by atoms with E-state index in [0.717, 1.165) is 35.7 Å². The average Bonchev–Trinajstić information content (AvgIpc) is 2.85. The summed E-state index contributed by atoms with van der Waals surface area (Å²) in [7, 11) is 0. The first kappa shape index (κ1) is 15.9. The van der Waals surface area contributed by atoms with E-state index in [-0.39, 0.29) is 17.5 Å². The van der Waals surface area contributed by atoms with Gasteiger partial charge in [-0.1, -0.05) is 28.8 Å². The van der Waals surface area contributed by atoms with Gasteiger partial charge >= 0.3 is 0 Å². The smallest absolute Gasteiger partial charge is 0.124 e. The van der Waals surface area contributed by atoms with E-state index in [2.05, 4.69) is 21.4 Å². The number of halogens is 2. The van der Waals surface area contributed by atoms with Crippen LogP contribution < -0.4 is 11.3 Å². The van der Waals surface area contributed by atoms with Crippen molar-refractivity contribution in [1.82, 2.24) is 5.43 Å². The molecule has 0 saturated heterocycles. The van der Waals surface area contributed by atoms with Gasteiger partial charge in [-0.2, -0.15) is 0 Å². The molecule has 112 valence electrons. The van der Waals surface area contributed by atoms with Crippen LogP contribution in [0.4, 0.5) is 4.39 Å². The third-order valence-electron chi connectivity index (χ3n) is 4.08. The van der Waals surface area contributed by atoms with Crippen molar-refractivity contribution < 1.29 is 9.13 Å². The largest absolute Gasteiger partial charge is 0.374 e.